The van der Waals surface area contributed by atoms with Gasteiger partial charge in [-0.1, -0.05) is 36.7 Å². The molecule has 5 heteroatoms. The van der Waals surface area contributed by atoms with E-state index in [1.807, 2.05) is 18.2 Å². The van der Waals surface area contributed by atoms with Crippen molar-refractivity contribution in [2.24, 2.45) is 5.92 Å². The molecule has 0 bridgehead atoms. The molecule has 0 aliphatic carbocycles. The second-order valence-electron chi connectivity index (χ2n) is 4.50. The van der Waals surface area contributed by atoms with Crippen LogP contribution in [0.4, 0.5) is 5.88 Å². The lowest BCUT2D eigenvalue weighted by Crippen LogP contribution is -2.37. The first-order chi connectivity index (χ1) is 8.65. The predicted octanol–water partition coefficient (Wildman–Crippen LogP) is 1.87. The van der Waals surface area contributed by atoms with E-state index in [2.05, 4.69) is 24.4 Å². The summed E-state index contributed by atoms with van der Waals surface area (Å²) in [7, 11) is 0. The maximum absolute atomic E-state index is 11.8. The highest BCUT2D eigenvalue weighted by molar-refractivity contribution is 6.03. The van der Waals surface area contributed by atoms with Crippen LogP contribution in [0, 0.1) is 5.92 Å². The smallest absolute Gasteiger partial charge is 0.285 e. The minimum Gasteiger partial charge on any atom is -0.285 e. The summed E-state index contributed by atoms with van der Waals surface area (Å²) in [4.78, 5) is 11.8. The average molecular weight is 246 g/mol. The highest BCUT2D eigenvalue weighted by Crippen LogP contribution is 2.06. The van der Waals surface area contributed by atoms with E-state index in [0.717, 1.165) is 6.54 Å². The molecule has 0 radical (unpaired) electrons. The molecule has 0 atom stereocenters. The Morgan fingerprint density at radius 3 is 2.78 bits per heavy atom. The number of hydrogen-bond donors (Lipinski definition) is 1. The van der Waals surface area contributed by atoms with Gasteiger partial charge < -0.3 is 0 Å². The quantitative estimate of drug-likeness (QED) is 0.838. The van der Waals surface area contributed by atoms with Gasteiger partial charge in [-0.2, -0.15) is 0 Å². The van der Waals surface area contributed by atoms with E-state index in [1.165, 1.54) is 0 Å². The Balaban J connectivity index is 2.01. The molecule has 2 rings (SSSR count). The predicted molar refractivity (Wildman–Crippen MR) is 65.9 cm³/mol. The fourth-order valence-electron chi connectivity index (χ4n) is 1.57. The van der Waals surface area contributed by atoms with E-state index >= 15 is 0 Å². The van der Waals surface area contributed by atoms with Gasteiger partial charge in [-0.15, -0.1) is 0 Å². The van der Waals surface area contributed by atoms with Gasteiger partial charge in [0.25, 0.3) is 12.1 Å². The summed E-state index contributed by atoms with van der Waals surface area (Å²) in [6.07, 6.45) is 1.68. The van der Waals surface area contributed by atoms with Crippen LogP contribution in [-0.4, -0.2) is 11.2 Å². The molecule has 1 aromatic heterocycles. The van der Waals surface area contributed by atoms with Gasteiger partial charge >= 0.3 is 5.88 Å². The van der Waals surface area contributed by atoms with Crippen molar-refractivity contribution in [3.05, 3.63) is 42.1 Å². The Hall–Kier alpha value is -2.17. The van der Waals surface area contributed by atoms with Gasteiger partial charge in [0, 0.05) is 11.5 Å². The molecule has 94 valence electrons. The third kappa shape index (κ3) is 3.16. The second-order valence-corrected chi connectivity index (χ2v) is 4.50. The first-order valence-corrected chi connectivity index (χ1v) is 5.88. The van der Waals surface area contributed by atoms with Crippen LogP contribution in [0.25, 0.3) is 0 Å². The summed E-state index contributed by atoms with van der Waals surface area (Å²) in [6, 6.07) is 8.98. The molecule has 0 fully saturated rings. The topological polar surface area (TPSA) is 59.0 Å². The molecule has 0 saturated carbocycles. The number of benzene rings is 1. The van der Waals surface area contributed by atoms with Crippen molar-refractivity contribution in [1.29, 1.82) is 0 Å². The molecule has 0 saturated heterocycles. The van der Waals surface area contributed by atoms with Gasteiger partial charge in [0.2, 0.25) is 5.27 Å². The van der Waals surface area contributed by atoms with Crippen molar-refractivity contribution in [2.45, 2.75) is 20.4 Å². The van der Waals surface area contributed by atoms with Crippen LogP contribution < -0.4 is 10.00 Å². The van der Waals surface area contributed by atoms with Crippen molar-refractivity contribution in [3.8, 4) is 0 Å². The molecule has 0 spiro atoms. The number of carbonyl (C=O) groups is 1. The third-order valence-corrected chi connectivity index (χ3v) is 2.34. The Bertz CT molecular complexity index is 520. The van der Waals surface area contributed by atoms with Crippen molar-refractivity contribution in [1.82, 2.24) is 5.27 Å². The molecule has 5 nitrogen and oxygen atoms in total. The fourth-order valence-corrected chi connectivity index (χ4v) is 1.57. The molecule has 1 aromatic carbocycles. The van der Waals surface area contributed by atoms with E-state index in [9.17, 15) is 4.79 Å². The van der Waals surface area contributed by atoms with Crippen LogP contribution in [0.2, 0.25) is 0 Å². The second kappa shape index (κ2) is 5.44. The average Bonchev–Trinajstić information content (AvgIpc) is 2.76. The number of carbonyl (C=O) groups excluding carboxylic acids is 1. The van der Waals surface area contributed by atoms with Gasteiger partial charge in [0.15, 0.2) is 6.54 Å². The van der Waals surface area contributed by atoms with Crippen LogP contribution in [0.5, 0.6) is 0 Å². The van der Waals surface area contributed by atoms with E-state index in [-0.39, 0.29) is 5.91 Å². The monoisotopic (exact) mass is 246 g/mol. The lowest BCUT2D eigenvalue weighted by Gasteiger charge is -1.98. The van der Waals surface area contributed by atoms with Crippen LogP contribution in [0.1, 0.15) is 24.2 Å². The minimum absolute atomic E-state index is 0.205. The van der Waals surface area contributed by atoms with Gasteiger partial charge in [0.1, 0.15) is 0 Å². The largest absolute Gasteiger partial charge is 0.302 e. The zero-order valence-corrected chi connectivity index (χ0v) is 10.5. The maximum atomic E-state index is 11.8. The zero-order valence-electron chi connectivity index (χ0n) is 10.5. The maximum Gasteiger partial charge on any atom is 0.302 e. The fraction of sp³-hybridized carbons (Fsp3) is 0.308. The van der Waals surface area contributed by atoms with Gasteiger partial charge in [0.05, 0.1) is 0 Å². The molecule has 18 heavy (non-hydrogen) atoms. The molecule has 1 heterocycles. The number of hydrogen-bond acceptors (Lipinski definition) is 3. The van der Waals surface area contributed by atoms with Gasteiger partial charge in [-0.25, -0.2) is 0 Å². The first kappa shape index (κ1) is 12.3. The lowest BCUT2D eigenvalue weighted by atomic mass is 10.2. The molecule has 2 aromatic rings. The van der Waals surface area contributed by atoms with Crippen molar-refractivity contribution < 1.29 is 14.0 Å². The molecular weight excluding hydrogens is 230 g/mol. The highest BCUT2D eigenvalue weighted by atomic mass is 16.5. The lowest BCUT2D eigenvalue weighted by molar-refractivity contribution is -0.766. The Morgan fingerprint density at radius 2 is 2.11 bits per heavy atom. The number of amides is 1. The summed E-state index contributed by atoms with van der Waals surface area (Å²) in [5.74, 6) is 0.616. The van der Waals surface area contributed by atoms with E-state index in [0.29, 0.717) is 17.4 Å². The van der Waals surface area contributed by atoms with Crippen molar-refractivity contribution >= 4 is 11.8 Å². The van der Waals surface area contributed by atoms with Crippen LogP contribution in [0.15, 0.2) is 41.1 Å². The van der Waals surface area contributed by atoms with Crippen LogP contribution >= 0.6 is 0 Å². The molecular formula is C13H16N3O2+. The number of rotatable bonds is 4. The van der Waals surface area contributed by atoms with E-state index in [1.54, 1.807) is 23.0 Å². The summed E-state index contributed by atoms with van der Waals surface area (Å²) >= 11 is 0. The Labute approximate surface area is 105 Å². The Morgan fingerprint density at radius 1 is 1.39 bits per heavy atom. The van der Waals surface area contributed by atoms with Crippen molar-refractivity contribution in [2.75, 3.05) is 5.32 Å². The van der Waals surface area contributed by atoms with Crippen LogP contribution in [-0.2, 0) is 6.54 Å². The van der Waals surface area contributed by atoms with Crippen LogP contribution in [0.3, 0.4) is 0 Å². The Kier molecular flexibility index (Phi) is 3.72. The summed E-state index contributed by atoms with van der Waals surface area (Å²) in [6.45, 7) is 4.93. The van der Waals surface area contributed by atoms with E-state index in [4.69, 9.17) is 4.52 Å². The number of nitrogens with one attached hydrogen (secondary N) is 1. The summed E-state index contributed by atoms with van der Waals surface area (Å²) < 4.78 is 6.71. The normalized spacial score (nSPS) is 10.6. The number of aromatic nitrogens is 2. The summed E-state index contributed by atoms with van der Waals surface area (Å²) in [5, 5.41) is 6.49. The van der Waals surface area contributed by atoms with Gasteiger partial charge in [-0.3, -0.25) is 14.6 Å². The molecule has 0 unspecified atom stereocenters. The molecule has 1 amide bonds. The third-order valence-electron chi connectivity index (χ3n) is 2.34. The van der Waals surface area contributed by atoms with Gasteiger partial charge in [-0.05, 0) is 12.1 Å². The number of anilines is 1. The highest BCUT2D eigenvalue weighted by Gasteiger charge is 2.15. The van der Waals surface area contributed by atoms with E-state index < -0.39 is 0 Å². The zero-order chi connectivity index (χ0) is 13.0. The molecule has 1 N–H and O–H groups in total. The standard InChI is InChI=1S/C13H15N3O2/c1-10(2)8-16-9-12(18-15-16)14-13(17)11-6-4-3-5-7-11/h3-7,9-10H,8H2,1-2H3/p+1. The molecule has 0 aliphatic heterocycles. The molecule has 0 aliphatic rings. The summed E-state index contributed by atoms with van der Waals surface area (Å²) in [5.41, 5.74) is 0.587. The first-order valence-electron chi connectivity index (χ1n) is 5.88. The SMILES string of the molecule is CC(C)C[n+]1cc(NC(=O)c2ccccc2)on1. The van der Waals surface area contributed by atoms with Crippen molar-refractivity contribution in [3.63, 3.8) is 0 Å². The number of nitrogens with zero attached hydrogens (tertiary/aromatic N) is 2. The minimum atomic E-state index is -0.205.